The Labute approximate surface area is 188 Å². The van der Waals surface area contributed by atoms with Crippen molar-refractivity contribution in [2.45, 2.75) is 37.6 Å². The number of esters is 1. The molecule has 1 unspecified atom stereocenters. The lowest BCUT2D eigenvalue weighted by Gasteiger charge is -2.29. The van der Waals surface area contributed by atoms with Gasteiger partial charge in [0.1, 0.15) is 22.4 Å². The van der Waals surface area contributed by atoms with E-state index in [9.17, 15) is 18.0 Å². The van der Waals surface area contributed by atoms with Crippen molar-refractivity contribution >= 4 is 27.6 Å². The van der Waals surface area contributed by atoms with Crippen molar-refractivity contribution in [1.82, 2.24) is 8.87 Å². The summed E-state index contributed by atoms with van der Waals surface area (Å²) < 4.78 is 39.6. The average molecular weight is 464 g/mol. The largest absolute Gasteiger partial charge is 0.497 e. The minimum atomic E-state index is -3.98. The highest BCUT2D eigenvalue weighted by Gasteiger charge is 2.42. The maximum Gasteiger partial charge on any atom is 0.354 e. The number of carbonyl (C=O) groups is 2. The fraction of sp³-hybridized carbons (Fsp3) is 0.455. The number of sulfonamides is 1. The molecule has 174 valence electrons. The van der Waals surface area contributed by atoms with Gasteiger partial charge in [-0.05, 0) is 57.0 Å². The zero-order valence-corrected chi connectivity index (χ0v) is 19.6. The number of hydrogen-bond donors (Lipinski definition) is 0. The highest BCUT2D eigenvalue weighted by atomic mass is 32.2. The van der Waals surface area contributed by atoms with Crippen LogP contribution >= 0.6 is 0 Å². The molecule has 1 aromatic carbocycles. The summed E-state index contributed by atoms with van der Waals surface area (Å²) in [5, 5.41) is 0. The van der Waals surface area contributed by atoms with Crippen molar-refractivity contribution < 1.29 is 27.5 Å². The molecule has 1 aliphatic heterocycles. The standard InChI is InChI=1S/C22H29N3O6S/c1-5-24(16-9-11-17(30-4)12-10-16)21(26)19-8-7-13-25(19)32(28,29)18-14-20(23(3)15-18)22(27)31-6-2/h9-12,14-15,19H,5-8,13H2,1-4H3. The molecule has 0 radical (unpaired) electrons. The molecule has 1 amide bonds. The first-order chi connectivity index (χ1) is 15.2. The smallest absolute Gasteiger partial charge is 0.354 e. The van der Waals surface area contributed by atoms with Crippen LogP contribution in [0.4, 0.5) is 5.69 Å². The molecule has 32 heavy (non-hydrogen) atoms. The van der Waals surface area contributed by atoms with Crippen LogP contribution in [-0.4, -0.2) is 62.0 Å². The quantitative estimate of drug-likeness (QED) is 0.558. The maximum absolute atomic E-state index is 13.4. The Kier molecular flexibility index (Phi) is 7.25. The molecule has 0 bridgehead atoms. The van der Waals surface area contributed by atoms with E-state index in [-0.39, 0.29) is 29.6 Å². The molecule has 1 saturated heterocycles. The molecular formula is C22H29N3O6S. The SMILES string of the molecule is CCOC(=O)c1cc(S(=O)(=O)N2CCCC2C(=O)N(CC)c2ccc(OC)cc2)cn1C. The number of rotatable bonds is 8. The summed E-state index contributed by atoms with van der Waals surface area (Å²) in [4.78, 5) is 27.0. The fourth-order valence-electron chi connectivity index (χ4n) is 3.90. The van der Waals surface area contributed by atoms with Crippen LogP contribution in [0.1, 0.15) is 37.2 Å². The Morgan fingerprint density at radius 1 is 1.19 bits per heavy atom. The summed E-state index contributed by atoms with van der Waals surface area (Å²) in [6, 6.07) is 7.56. The molecule has 1 aliphatic rings. The molecule has 0 N–H and O–H groups in total. The predicted octanol–water partition coefficient (Wildman–Crippen LogP) is 2.42. The third-order valence-electron chi connectivity index (χ3n) is 5.53. The monoisotopic (exact) mass is 463 g/mol. The minimum absolute atomic E-state index is 0.0322. The Bertz CT molecular complexity index is 1080. The van der Waals surface area contributed by atoms with Gasteiger partial charge in [0.2, 0.25) is 15.9 Å². The Morgan fingerprint density at radius 3 is 2.47 bits per heavy atom. The van der Waals surface area contributed by atoms with Crippen molar-refractivity contribution in [2.24, 2.45) is 7.05 Å². The van der Waals surface area contributed by atoms with E-state index in [2.05, 4.69) is 0 Å². The third-order valence-corrected chi connectivity index (χ3v) is 7.40. The lowest BCUT2D eigenvalue weighted by molar-refractivity contribution is -0.121. The van der Waals surface area contributed by atoms with Crippen LogP contribution in [0, 0.1) is 0 Å². The van der Waals surface area contributed by atoms with Gasteiger partial charge in [0.05, 0.1) is 13.7 Å². The molecule has 0 spiro atoms. The summed E-state index contributed by atoms with van der Waals surface area (Å²) in [6.45, 7) is 4.35. The van der Waals surface area contributed by atoms with Gasteiger partial charge in [-0.3, -0.25) is 4.79 Å². The summed E-state index contributed by atoms with van der Waals surface area (Å²) in [5.74, 6) is -0.203. The summed E-state index contributed by atoms with van der Waals surface area (Å²) >= 11 is 0. The molecule has 10 heteroatoms. The molecular weight excluding hydrogens is 434 g/mol. The van der Waals surface area contributed by atoms with E-state index in [4.69, 9.17) is 9.47 Å². The first kappa shape index (κ1) is 23.8. The number of benzene rings is 1. The Morgan fingerprint density at radius 2 is 1.88 bits per heavy atom. The molecule has 2 aromatic rings. The molecule has 1 fully saturated rings. The third kappa shape index (κ3) is 4.51. The van der Waals surface area contributed by atoms with Crippen LogP contribution in [0.3, 0.4) is 0 Å². The molecule has 0 aliphatic carbocycles. The fourth-order valence-corrected chi connectivity index (χ4v) is 5.62. The molecule has 1 atom stereocenters. The number of nitrogens with zero attached hydrogens (tertiary/aromatic N) is 3. The van der Waals surface area contributed by atoms with Crippen molar-refractivity contribution in [3.05, 3.63) is 42.2 Å². The van der Waals surface area contributed by atoms with Crippen LogP contribution in [0.5, 0.6) is 5.75 Å². The number of ether oxygens (including phenoxy) is 2. The normalized spacial score (nSPS) is 16.7. The van der Waals surface area contributed by atoms with E-state index in [1.165, 1.54) is 21.1 Å². The first-order valence-corrected chi connectivity index (χ1v) is 12.0. The van der Waals surface area contributed by atoms with Crippen LogP contribution in [0.2, 0.25) is 0 Å². The molecule has 9 nitrogen and oxygen atoms in total. The van der Waals surface area contributed by atoms with Gasteiger partial charge in [0.25, 0.3) is 0 Å². The molecule has 2 heterocycles. The van der Waals surface area contributed by atoms with E-state index >= 15 is 0 Å². The lowest BCUT2D eigenvalue weighted by Crippen LogP contribution is -2.47. The molecule has 0 saturated carbocycles. The zero-order valence-electron chi connectivity index (χ0n) is 18.8. The van der Waals surface area contributed by atoms with E-state index in [1.807, 2.05) is 6.92 Å². The zero-order chi connectivity index (χ0) is 23.5. The summed E-state index contributed by atoms with van der Waals surface area (Å²) in [7, 11) is -0.831. The van der Waals surface area contributed by atoms with Gasteiger partial charge >= 0.3 is 5.97 Å². The highest BCUT2D eigenvalue weighted by molar-refractivity contribution is 7.89. The van der Waals surface area contributed by atoms with Gasteiger partial charge in [-0.15, -0.1) is 0 Å². The summed E-state index contributed by atoms with van der Waals surface area (Å²) in [5.41, 5.74) is 0.813. The van der Waals surface area contributed by atoms with Crippen molar-refractivity contribution in [1.29, 1.82) is 0 Å². The number of hydrogen-bond acceptors (Lipinski definition) is 6. The first-order valence-electron chi connectivity index (χ1n) is 10.5. The van der Waals surface area contributed by atoms with E-state index in [1.54, 1.807) is 50.2 Å². The number of amides is 1. The van der Waals surface area contributed by atoms with Gasteiger partial charge in [-0.2, -0.15) is 4.31 Å². The second-order valence-corrected chi connectivity index (χ2v) is 9.34. The second kappa shape index (κ2) is 9.74. The Hall–Kier alpha value is -2.85. The maximum atomic E-state index is 13.4. The molecule has 1 aromatic heterocycles. The number of aromatic nitrogens is 1. The predicted molar refractivity (Wildman–Crippen MR) is 119 cm³/mol. The second-order valence-electron chi connectivity index (χ2n) is 7.45. The number of carbonyl (C=O) groups excluding carboxylic acids is 2. The van der Waals surface area contributed by atoms with Crippen molar-refractivity contribution in [3.63, 3.8) is 0 Å². The van der Waals surface area contributed by atoms with Crippen LogP contribution in [-0.2, 0) is 26.6 Å². The highest BCUT2D eigenvalue weighted by Crippen LogP contribution is 2.30. The topological polar surface area (TPSA) is 98.2 Å². The number of anilines is 1. The number of aryl methyl sites for hydroxylation is 1. The minimum Gasteiger partial charge on any atom is -0.497 e. The van der Waals surface area contributed by atoms with Crippen LogP contribution < -0.4 is 9.64 Å². The van der Waals surface area contributed by atoms with Crippen molar-refractivity contribution in [2.75, 3.05) is 31.7 Å². The van der Waals surface area contributed by atoms with Gasteiger partial charge in [-0.25, -0.2) is 13.2 Å². The van der Waals surface area contributed by atoms with Gasteiger partial charge < -0.3 is 18.9 Å². The number of methoxy groups -OCH3 is 1. The van der Waals surface area contributed by atoms with Gasteiger partial charge in [0, 0.05) is 32.0 Å². The van der Waals surface area contributed by atoms with Crippen molar-refractivity contribution in [3.8, 4) is 5.75 Å². The van der Waals surface area contributed by atoms with Gasteiger partial charge in [0.15, 0.2) is 0 Å². The van der Waals surface area contributed by atoms with Gasteiger partial charge in [-0.1, -0.05) is 0 Å². The average Bonchev–Trinajstić information content (AvgIpc) is 3.42. The Balaban J connectivity index is 1.88. The van der Waals surface area contributed by atoms with Crippen LogP contribution in [0.15, 0.2) is 41.4 Å². The van der Waals surface area contributed by atoms with E-state index < -0.39 is 22.0 Å². The van der Waals surface area contributed by atoms with Crippen LogP contribution in [0.25, 0.3) is 0 Å². The van der Waals surface area contributed by atoms with E-state index in [0.717, 1.165) is 0 Å². The van der Waals surface area contributed by atoms with E-state index in [0.29, 0.717) is 30.8 Å². The number of likely N-dealkylation sites (N-methyl/N-ethyl adjacent to an activating group) is 1. The summed E-state index contributed by atoms with van der Waals surface area (Å²) in [6.07, 6.45) is 2.39. The molecule has 3 rings (SSSR count). The lowest BCUT2D eigenvalue weighted by atomic mass is 10.2.